The van der Waals surface area contributed by atoms with Gasteiger partial charge < -0.3 is 4.74 Å². The quantitative estimate of drug-likeness (QED) is 0.798. The fourth-order valence-corrected chi connectivity index (χ4v) is 2.09. The summed E-state index contributed by atoms with van der Waals surface area (Å²) < 4.78 is 6.74. The highest BCUT2D eigenvalue weighted by atomic mass is 35.5. The zero-order valence-corrected chi connectivity index (χ0v) is 10.9. The van der Waals surface area contributed by atoms with Gasteiger partial charge in [-0.15, -0.1) is 0 Å². The van der Waals surface area contributed by atoms with Gasteiger partial charge in [0.2, 0.25) is 5.78 Å². The van der Waals surface area contributed by atoms with Crippen LogP contribution in [0.4, 0.5) is 0 Å². The number of hydrogen-bond acceptors (Lipinski definition) is 3. The van der Waals surface area contributed by atoms with E-state index in [1.165, 1.54) is 18.0 Å². The summed E-state index contributed by atoms with van der Waals surface area (Å²) in [6.07, 6.45) is 0.783. The molecule has 2 rings (SSSR count). The van der Waals surface area contributed by atoms with Crippen LogP contribution in [0.15, 0.2) is 36.5 Å². The van der Waals surface area contributed by atoms with Crippen molar-refractivity contribution in [1.29, 1.82) is 0 Å². The maximum absolute atomic E-state index is 12.4. The Morgan fingerprint density at radius 2 is 2.06 bits per heavy atom. The minimum Gasteiger partial charge on any atom is -0.368 e. The number of aromatic nitrogens is 2. The predicted octanol–water partition coefficient (Wildman–Crippen LogP) is 2.64. The molecule has 94 valence electrons. The van der Waals surface area contributed by atoms with Crippen LogP contribution < -0.4 is 0 Å². The minimum absolute atomic E-state index is 0.200. The van der Waals surface area contributed by atoms with Crippen molar-refractivity contribution in [3.05, 3.63) is 52.8 Å². The normalized spacial score (nSPS) is 12.4. The van der Waals surface area contributed by atoms with Gasteiger partial charge in [-0.2, -0.15) is 5.10 Å². The smallest absolute Gasteiger partial charge is 0.215 e. The van der Waals surface area contributed by atoms with E-state index in [1.54, 1.807) is 7.05 Å². The number of rotatable bonds is 4. The van der Waals surface area contributed by atoms with E-state index in [2.05, 4.69) is 5.10 Å². The molecule has 0 radical (unpaired) electrons. The van der Waals surface area contributed by atoms with Crippen LogP contribution in [0.2, 0.25) is 5.02 Å². The van der Waals surface area contributed by atoms with Crippen molar-refractivity contribution in [2.45, 2.75) is 6.10 Å². The Hall–Kier alpha value is -1.65. The third-order valence-electron chi connectivity index (χ3n) is 2.70. The van der Waals surface area contributed by atoms with Crippen LogP contribution in [0.1, 0.15) is 22.2 Å². The van der Waals surface area contributed by atoms with Gasteiger partial charge >= 0.3 is 0 Å². The van der Waals surface area contributed by atoms with E-state index in [-0.39, 0.29) is 5.78 Å². The largest absolute Gasteiger partial charge is 0.368 e. The molecule has 1 aromatic heterocycles. The Morgan fingerprint density at radius 1 is 1.39 bits per heavy atom. The lowest BCUT2D eigenvalue weighted by atomic mass is 10.0. The zero-order chi connectivity index (χ0) is 13.1. The molecule has 0 aliphatic carbocycles. The average Bonchev–Trinajstić information content (AvgIpc) is 2.71. The summed E-state index contributed by atoms with van der Waals surface area (Å²) in [4.78, 5) is 12.4. The van der Waals surface area contributed by atoms with Crippen LogP contribution in [0.5, 0.6) is 0 Å². The first-order valence-electron chi connectivity index (χ1n) is 5.44. The molecule has 1 aromatic carbocycles. The monoisotopic (exact) mass is 264 g/mol. The summed E-state index contributed by atoms with van der Waals surface area (Å²) in [5, 5.41) is 4.29. The van der Waals surface area contributed by atoms with Crippen molar-refractivity contribution >= 4 is 17.4 Å². The van der Waals surface area contributed by atoms with E-state index in [0.717, 1.165) is 5.56 Å². The molecular formula is C13H13ClN2O2. The molecular weight excluding hydrogens is 252 g/mol. The number of ketones is 1. The number of methoxy groups -OCH3 is 1. The van der Waals surface area contributed by atoms with Gasteiger partial charge in [0, 0.05) is 14.2 Å². The van der Waals surface area contributed by atoms with Crippen LogP contribution in [-0.4, -0.2) is 22.7 Å². The topological polar surface area (TPSA) is 44.1 Å². The number of ether oxygens (including phenoxy) is 1. The highest BCUT2D eigenvalue weighted by Crippen LogP contribution is 2.25. The van der Waals surface area contributed by atoms with Crippen molar-refractivity contribution in [1.82, 2.24) is 9.78 Å². The molecule has 0 aliphatic rings. The van der Waals surface area contributed by atoms with Crippen LogP contribution in [0.3, 0.4) is 0 Å². The Balaban J connectivity index is 2.38. The van der Waals surface area contributed by atoms with Crippen molar-refractivity contribution in [3.63, 3.8) is 0 Å². The molecule has 0 fully saturated rings. The summed E-state index contributed by atoms with van der Waals surface area (Å²) in [7, 11) is 3.18. The molecule has 0 N–H and O–H groups in total. The predicted molar refractivity (Wildman–Crippen MR) is 68.7 cm³/mol. The molecule has 4 nitrogen and oxygen atoms in total. The number of aryl methyl sites for hydroxylation is 1. The number of halogens is 1. The molecule has 0 amide bonds. The minimum atomic E-state index is -0.668. The molecule has 18 heavy (non-hydrogen) atoms. The van der Waals surface area contributed by atoms with Gasteiger partial charge in [0.1, 0.15) is 11.8 Å². The molecule has 2 aromatic rings. The second-order valence-corrected chi connectivity index (χ2v) is 4.26. The van der Waals surface area contributed by atoms with E-state index in [0.29, 0.717) is 10.7 Å². The number of hydrogen-bond donors (Lipinski definition) is 0. The van der Waals surface area contributed by atoms with Crippen molar-refractivity contribution < 1.29 is 9.53 Å². The molecule has 0 spiro atoms. The van der Waals surface area contributed by atoms with Gasteiger partial charge in [0.15, 0.2) is 0 Å². The number of nitrogens with zero attached hydrogens (tertiary/aromatic N) is 2. The Bertz CT molecular complexity index is 532. The third-order valence-corrected chi connectivity index (χ3v) is 2.98. The number of benzene rings is 1. The average molecular weight is 265 g/mol. The third kappa shape index (κ3) is 2.30. The second-order valence-electron chi connectivity index (χ2n) is 3.86. The summed E-state index contributed by atoms with van der Waals surface area (Å²) in [6, 6.07) is 9.30. The highest BCUT2D eigenvalue weighted by molar-refractivity contribution is 6.33. The van der Waals surface area contributed by atoms with Gasteiger partial charge in [-0.05, 0) is 5.56 Å². The summed E-state index contributed by atoms with van der Waals surface area (Å²) in [5.74, 6) is -0.200. The van der Waals surface area contributed by atoms with E-state index >= 15 is 0 Å². The number of carbonyl (C=O) groups is 1. The van der Waals surface area contributed by atoms with Gasteiger partial charge in [-0.25, -0.2) is 0 Å². The van der Waals surface area contributed by atoms with E-state index in [1.807, 2.05) is 30.3 Å². The van der Waals surface area contributed by atoms with Gasteiger partial charge in [0.05, 0.1) is 11.2 Å². The fourth-order valence-electron chi connectivity index (χ4n) is 1.83. The Morgan fingerprint density at radius 3 is 2.56 bits per heavy atom. The molecule has 0 saturated carbocycles. The standard InChI is InChI=1S/C13H13ClN2O2/c1-16-11(10(14)8-15-16)12(17)13(18-2)9-6-4-3-5-7-9/h3-8,13H,1-2H3. The Kier molecular flexibility index (Phi) is 3.79. The number of carbonyl (C=O) groups excluding carboxylic acids is 1. The molecule has 1 atom stereocenters. The number of Topliss-reactive ketones (excluding diaryl/α,β-unsaturated/α-hetero) is 1. The molecule has 0 aliphatic heterocycles. The van der Waals surface area contributed by atoms with Gasteiger partial charge in [-0.1, -0.05) is 41.9 Å². The van der Waals surface area contributed by atoms with Crippen LogP contribution in [0.25, 0.3) is 0 Å². The Labute approximate surface area is 110 Å². The highest BCUT2D eigenvalue weighted by Gasteiger charge is 2.26. The summed E-state index contributed by atoms with van der Waals surface area (Å²) in [5.41, 5.74) is 1.15. The molecule has 0 bridgehead atoms. The van der Waals surface area contributed by atoms with Crippen LogP contribution in [-0.2, 0) is 11.8 Å². The first-order valence-corrected chi connectivity index (χ1v) is 5.82. The van der Waals surface area contributed by atoms with E-state index in [9.17, 15) is 4.79 Å². The maximum atomic E-state index is 12.4. The zero-order valence-electron chi connectivity index (χ0n) is 10.1. The first kappa shape index (κ1) is 12.8. The van der Waals surface area contributed by atoms with E-state index in [4.69, 9.17) is 16.3 Å². The first-order chi connectivity index (χ1) is 8.65. The molecule has 1 heterocycles. The molecule has 5 heteroatoms. The molecule has 0 saturated heterocycles. The van der Waals surface area contributed by atoms with Crippen molar-refractivity contribution in [2.75, 3.05) is 7.11 Å². The van der Waals surface area contributed by atoms with Crippen LogP contribution >= 0.6 is 11.6 Å². The fraction of sp³-hybridized carbons (Fsp3) is 0.231. The van der Waals surface area contributed by atoms with Crippen molar-refractivity contribution in [2.24, 2.45) is 7.05 Å². The summed E-state index contributed by atoms with van der Waals surface area (Å²) >= 11 is 5.97. The second kappa shape index (κ2) is 5.33. The van der Waals surface area contributed by atoms with Crippen molar-refractivity contribution in [3.8, 4) is 0 Å². The molecule has 1 unspecified atom stereocenters. The lowest BCUT2D eigenvalue weighted by Gasteiger charge is -2.14. The lowest BCUT2D eigenvalue weighted by Crippen LogP contribution is -2.18. The van der Waals surface area contributed by atoms with Crippen LogP contribution in [0, 0.1) is 0 Å². The lowest BCUT2D eigenvalue weighted by molar-refractivity contribution is 0.0595. The van der Waals surface area contributed by atoms with Gasteiger partial charge in [-0.3, -0.25) is 9.48 Å². The SMILES string of the molecule is COC(C(=O)c1c(Cl)cnn1C)c1ccccc1. The summed E-state index contributed by atoms with van der Waals surface area (Å²) in [6.45, 7) is 0. The maximum Gasteiger partial charge on any atom is 0.215 e. The van der Waals surface area contributed by atoms with Gasteiger partial charge in [0.25, 0.3) is 0 Å². The van der Waals surface area contributed by atoms with E-state index < -0.39 is 6.10 Å².